The molecule has 2 aromatic heterocycles. The van der Waals surface area contributed by atoms with Crippen molar-refractivity contribution in [2.45, 2.75) is 26.2 Å². The fraction of sp³-hybridized carbons (Fsp3) is 0.162. The van der Waals surface area contributed by atoms with Crippen molar-refractivity contribution in [1.29, 1.82) is 0 Å². The molecule has 2 bridgehead atoms. The smallest absolute Gasteiger partial charge is 0.196 e. The van der Waals surface area contributed by atoms with E-state index in [1.165, 1.54) is 22.3 Å². The van der Waals surface area contributed by atoms with Crippen molar-refractivity contribution in [2.75, 3.05) is 13.7 Å². The van der Waals surface area contributed by atoms with Crippen molar-refractivity contribution < 1.29 is 4.74 Å². The van der Waals surface area contributed by atoms with Gasteiger partial charge in [-0.25, -0.2) is 9.83 Å². The van der Waals surface area contributed by atoms with Crippen LogP contribution in [0.15, 0.2) is 103 Å². The van der Waals surface area contributed by atoms with Crippen LogP contribution >= 0.6 is 0 Å². The molecule has 0 aliphatic carbocycles. The molecule has 0 radical (unpaired) electrons. The predicted octanol–water partition coefficient (Wildman–Crippen LogP) is 9.50. The minimum Gasteiger partial charge on any atom is -0.458 e. The monoisotopic (exact) mass is 562 g/mol. The van der Waals surface area contributed by atoms with Gasteiger partial charge in [-0.2, -0.15) is 0 Å². The number of nitrogens with zero attached hydrogens (tertiary/aromatic N) is 5. The molecule has 2 atom stereocenters. The number of rotatable bonds is 4. The molecule has 0 saturated carbocycles. The van der Waals surface area contributed by atoms with Crippen molar-refractivity contribution in [1.82, 2.24) is 18.5 Å². The van der Waals surface area contributed by atoms with Crippen molar-refractivity contribution >= 4 is 44.6 Å². The quantitative estimate of drug-likeness (QED) is 0.158. The van der Waals surface area contributed by atoms with Crippen LogP contribution in [0, 0.1) is 13.2 Å². The maximum absolute atomic E-state index is 7.84. The molecule has 3 aliphatic heterocycles. The molecule has 0 unspecified atom stereocenters. The van der Waals surface area contributed by atoms with Crippen LogP contribution in [-0.4, -0.2) is 23.3 Å². The van der Waals surface area contributed by atoms with E-state index in [9.17, 15) is 0 Å². The number of para-hydroxylation sites is 3. The Balaban J connectivity index is 1.24. The summed E-state index contributed by atoms with van der Waals surface area (Å²) < 4.78 is 10.2. The fourth-order valence-corrected chi connectivity index (χ4v) is 7.00. The molecule has 6 aromatic rings. The van der Waals surface area contributed by atoms with Crippen molar-refractivity contribution in [3.8, 4) is 17.3 Å². The maximum Gasteiger partial charge on any atom is 0.196 e. The molecular weight excluding hydrogens is 530 g/mol. The number of hydrogen-bond donors (Lipinski definition) is 0. The molecule has 3 aliphatic rings. The van der Waals surface area contributed by atoms with Crippen molar-refractivity contribution in [3.05, 3.63) is 127 Å². The average Bonchev–Trinajstić information content (AvgIpc) is 3.56. The van der Waals surface area contributed by atoms with Gasteiger partial charge in [-0.05, 0) is 47.4 Å². The highest BCUT2D eigenvalue weighted by Gasteiger charge is 2.59. The third-order valence-corrected chi connectivity index (χ3v) is 9.02. The van der Waals surface area contributed by atoms with Crippen LogP contribution < -0.4 is 13.7 Å². The zero-order valence-corrected chi connectivity index (χ0v) is 24.7. The highest BCUT2D eigenvalue weighted by atomic mass is 16.5. The van der Waals surface area contributed by atoms with Gasteiger partial charge in [0.15, 0.2) is 23.7 Å². The first-order valence-corrected chi connectivity index (χ1v) is 14.6. The van der Waals surface area contributed by atoms with Gasteiger partial charge in [0.05, 0.1) is 31.3 Å². The van der Waals surface area contributed by atoms with Gasteiger partial charge in [0.25, 0.3) is 0 Å². The molecule has 0 spiro atoms. The predicted molar refractivity (Wildman–Crippen MR) is 175 cm³/mol. The number of benzene rings is 4. The topological polar surface area (TPSA) is 31.4 Å². The minimum atomic E-state index is 0.00236. The number of ether oxygens (including phenoxy) is 1. The zero-order chi connectivity index (χ0) is 29.6. The molecule has 43 heavy (non-hydrogen) atoms. The lowest BCUT2D eigenvalue weighted by Crippen LogP contribution is -2.68. The molecule has 210 valence electrons. The normalized spacial score (nSPS) is 20.5. The van der Waals surface area contributed by atoms with Gasteiger partial charge in [0.2, 0.25) is 0 Å². The summed E-state index contributed by atoms with van der Waals surface area (Å²) in [6, 6.07) is 33.5. The van der Waals surface area contributed by atoms with Gasteiger partial charge in [0, 0.05) is 47.3 Å². The molecule has 1 fully saturated rings. The summed E-state index contributed by atoms with van der Waals surface area (Å²) in [7, 11) is 2.23. The van der Waals surface area contributed by atoms with Gasteiger partial charge in [-0.15, -0.1) is 0 Å². The second-order valence-electron chi connectivity index (χ2n) is 13.0. The SMILES string of the molecule is [C-]#[N+]c1cc(Oc2ccc3c4ccccc4n(-c4cc(C(C)(C)C)ccn4)c3c2)cc([N@@+]23[CH-][N@@+](C)(C2)c2ccccc23)c1. The summed E-state index contributed by atoms with van der Waals surface area (Å²) in [5.74, 6) is 2.25. The van der Waals surface area contributed by atoms with Gasteiger partial charge in [-0.1, -0.05) is 51.1 Å². The van der Waals surface area contributed by atoms with E-state index in [2.05, 4.69) is 123 Å². The van der Waals surface area contributed by atoms with Crippen molar-refractivity contribution in [3.63, 3.8) is 0 Å². The van der Waals surface area contributed by atoms with Crippen LogP contribution in [0.2, 0.25) is 0 Å². The summed E-state index contributed by atoms with van der Waals surface area (Å²) in [4.78, 5) is 8.62. The molecule has 9 rings (SSSR count). The van der Waals surface area contributed by atoms with Gasteiger partial charge >= 0.3 is 0 Å². The highest BCUT2D eigenvalue weighted by Crippen LogP contribution is 2.61. The Morgan fingerprint density at radius 2 is 1.58 bits per heavy atom. The second-order valence-corrected chi connectivity index (χ2v) is 13.0. The number of fused-ring (bicyclic) bond motifs is 3. The van der Waals surface area contributed by atoms with E-state index < -0.39 is 0 Å². The fourth-order valence-electron chi connectivity index (χ4n) is 7.00. The van der Waals surface area contributed by atoms with Crippen LogP contribution in [-0.2, 0) is 5.41 Å². The Hall–Kier alpha value is -4.96. The second kappa shape index (κ2) is 8.78. The molecule has 0 amide bonds. The van der Waals surface area contributed by atoms with Crippen LogP contribution in [0.1, 0.15) is 26.3 Å². The standard InChI is InChI=1S/C37H32N5O/c1-37(2,3)25-16-17-39-36(18-25)40-32-11-7-6-10-30(32)31-15-14-28(22-33(31)40)43-29-20-26(38-4)19-27(21-29)42-23-41(5,24-42)34-12-8-9-13-35(34)42/h6-23H,24H2,1-3,5H3/q+1/t41-,42+/m0/s1. The molecule has 5 heterocycles. The minimum absolute atomic E-state index is 0.00236. The van der Waals surface area contributed by atoms with E-state index in [0.29, 0.717) is 21.7 Å². The summed E-state index contributed by atoms with van der Waals surface area (Å²) >= 11 is 0. The molecule has 6 nitrogen and oxygen atoms in total. The van der Waals surface area contributed by atoms with E-state index in [-0.39, 0.29) is 5.41 Å². The Morgan fingerprint density at radius 3 is 2.37 bits per heavy atom. The first-order valence-electron chi connectivity index (χ1n) is 14.6. The lowest BCUT2D eigenvalue weighted by molar-refractivity contribution is 0.157. The molecule has 6 heteroatoms. The third kappa shape index (κ3) is 3.76. The van der Waals surface area contributed by atoms with E-state index in [1.54, 1.807) is 0 Å². The molecule has 4 aromatic carbocycles. The molecular formula is C37H32N5O+. The van der Waals surface area contributed by atoms with Gasteiger partial charge < -0.3 is 9.22 Å². The molecule has 1 saturated heterocycles. The Kier molecular flexibility index (Phi) is 5.25. The summed E-state index contributed by atoms with van der Waals surface area (Å²) in [6.45, 7) is 17.7. The average molecular weight is 563 g/mol. The summed E-state index contributed by atoms with van der Waals surface area (Å²) in [5, 5.41) is 2.31. The number of quaternary nitrogens is 2. The number of hydrogen-bond acceptors (Lipinski definition) is 2. The maximum atomic E-state index is 7.84. The van der Waals surface area contributed by atoms with E-state index in [4.69, 9.17) is 16.3 Å². The first kappa shape index (κ1) is 25.7. The highest BCUT2D eigenvalue weighted by molar-refractivity contribution is 6.09. The lowest BCUT2D eigenvalue weighted by atomic mass is 9.88. The lowest BCUT2D eigenvalue weighted by Gasteiger charge is -2.55. The van der Waals surface area contributed by atoms with Gasteiger partial charge in [0.1, 0.15) is 23.0 Å². The van der Waals surface area contributed by atoms with Crippen LogP contribution in [0.4, 0.5) is 22.7 Å². The first-order chi connectivity index (χ1) is 20.7. The van der Waals surface area contributed by atoms with Gasteiger partial charge in [-0.3, -0.25) is 9.05 Å². The van der Waals surface area contributed by atoms with Crippen molar-refractivity contribution in [2.24, 2.45) is 0 Å². The Labute approximate surface area is 251 Å². The summed E-state index contributed by atoms with van der Waals surface area (Å²) in [6.07, 6.45) is 1.90. The number of pyridine rings is 1. The van der Waals surface area contributed by atoms with Crippen LogP contribution in [0.25, 0.3) is 32.5 Å². The van der Waals surface area contributed by atoms with E-state index in [1.807, 2.05) is 24.4 Å². The number of aromatic nitrogens is 2. The Bertz CT molecular complexity index is 2140. The third-order valence-electron chi connectivity index (χ3n) is 9.02. The van der Waals surface area contributed by atoms with Crippen LogP contribution in [0.5, 0.6) is 11.5 Å². The molecule has 0 N–H and O–H groups in total. The summed E-state index contributed by atoms with van der Waals surface area (Å²) in [5.41, 5.74) is 7.53. The zero-order valence-electron chi connectivity index (χ0n) is 24.7. The van der Waals surface area contributed by atoms with Crippen LogP contribution in [0.3, 0.4) is 0 Å². The van der Waals surface area contributed by atoms with E-state index in [0.717, 1.165) is 39.1 Å². The Morgan fingerprint density at radius 1 is 0.837 bits per heavy atom. The largest absolute Gasteiger partial charge is 0.458 e. The van der Waals surface area contributed by atoms with E-state index >= 15 is 0 Å².